The zero-order valence-corrected chi connectivity index (χ0v) is 12.7. The molecule has 1 unspecified atom stereocenters. The van der Waals surface area contributed by atoms with E-state index in [9.17, 15) is 9.18 Å². The lowest BCUT2D eigenvalue weighted by molar-refractivity contribution is 0.0939. The van der Waals surface area contributed by atoms with Gasteiger partial charge in [0.2, 0.25) is 0 Å². The van der Waals surface area contributed by atoms with Crippen molar-refractivity contribution in [3.63, 3.8) is 0 Å². The molecule has 1 fully saturated rings. The van der Waals surface area contributed by atoms with Crippen molar-refractivity contribution in [3.05, 3.63) is 29.8 Å². The Morgan fingerprint density at radius 2 is 2.36 bits per heavy atom. The molecular formula is C16H21FN4O. The van der Waals surface area contributed by atoms with Gasteiger partial charge in [0.25, 0.3) is 5.91 Å². The number of hydrogen-bond acceptors (Lipinski definition) is 3. The third-order valence-corrected chi connectivity index (χ3v) is 4.36. The Balaban J connectivity index is 1.62. The van der Waals surface area contributed by atoms with Crippen molar-refractivity contribution in [2.45, 2.75) is 32.2 Å². The van der Waals surface area contributed by atoms with Crippen LogP contribution in [0.5, 0.6) is 0 Å². The molecule has 1 atom stereocenters. The maximum absolute atomic E-state index is 13.6. The number of imidazole rings is 1. The molecule has 0 aliphatic carbocycles. The maximum Gasteiger partial charge on any atom is 0.253 e. The number of hydrogen-bond donors (Lipinski definition) is 2. The fraction of sp³-hybridized carbons (Fsp3) is 0.500. The number of piperidine rings is 1. The minimum atomic E-state index is -0.438. The van der Waals surface area contributed by atoms with Crippen LogP contribution in [0.25, 0.3) is 11.0 Å². The number of nitrogens with zero attached hydrogens (tertiary/aromatic N) is 2. The molecule has 6 heteroatoms. The second kappa shape index (κ2) is 6.44. The van der Waals surface area contributed by atoms with Crippen molar-refractivity contribution >= 4 is 16.9 Å². The third-order valence-electron chi connectivity index (χ3n) is 4.36. The van der Waals surface area contributed by atoms with Crippen LogP contribution in [0.1, 0.15) is 36.5 Å². The molecule has 0 spiro atoms. The number of rotatable bonds is 4. The van der Waals surface area contributed by atoms with Crippen LogP contribution in [-0.4, -0.2) is 46.5 Å². The molecule has 1 amide bonds. The predicted molar refractivity (Wildman–Crippen MR) is 83.3 cm³/mol. The quantitative estimate of drug-likeness (QED) is 0.911. The minimum absolute atomic E-state index is 0.277. The number of H-pyrrole nitrogens is 1. The summed E-state index contributed by atoms with van der Waals surface area (Å²) in [6.45, 7) is 4.69. The lowest BCUT2D eigenvalue weighted by atomic mass is 10.0. The topological polar surface area (TPSA) is 61.0 Å². The molecule has 0 bridgehead atoms. The number of carbonyl (C=O) groups excluding carboxylic acids is 1. The van der Waals surface area contributed by atoms with Gasteiger partial charge in [-0.25, -0.2) is 9.37 Å². The normalized spacial score (nSPS) is 19.5. The molecule has 5 nitrogen and oxygen atoms in total. The number of nitrogens with one attached hydrogen (secondary N) is 2. The van der Waals surface area contributed by atoms with Crippen LogP contribution in [0.15, 0.2) is 18.5 Å². The van der Waals surface area contributed by atoms with Crippen LogP contribution < -0.4 is 5.32 Å². The summed E-state index contributed by atoms with van der Waals surface area (Å²) >= 11 is 0. The summed E-state index contributed by atoms with van der Waals surface area (Å²) in [6, 6.07) is 3.15. The minimum Gasteiger partial charge on any atom is -0.351 e. The van der Waals surface area contributed by atoms with Gasteiger partial charge in [0.05, 0.1) is 17.4 Å². The molecular weight excluding hydrogens is 283 g/mol. The van der Waals surface area contributed by atoms with Gasteiger partial charge in [0, 0.05) is 19.1 Å². The summed E-state index contributed by atoms with van der Waals surface area (Å²) in [7, 11) is 0. The number of aromatic nitrogens is 2. The predicted octanol–water partition coefficient (Wildman–Crippen LogP) is 2.31. The lowest BCUT2D eigenvalue weighted by Gasteiger charge is -2.33. The Morgan fingerprint density at radius 3 is 3.18 bits per heavy atom. The number of fused-ring (bicyclic) bond motifs is 1. The summed E-state index contributed by atoms with van der Waals surface area (Å²) < 4.78 is 13.6. The Kier molecular flexibility index (Phi) is 4.38. The molecule has 2 heterocycles. The molecule has 1 aromatic carbocycles. The average molecular weight is 304 g/mol. The van der Waals surface area contributed by atoms with Crippen molar-refractivity contribution in [3.8, 4) is 0 Å². The van der Waals surface area contributed by atoms with Gasteiger partial charge in [0.1, 0.15) is 11.3 Å². The number of halogens is 1. The van der Waals surface area contributed by atoms with E-state index >= 15 is 0 Å². The van der Waals surface area contributed by atoms with E-state index in [-0.39, 0.29) is 11.5 Å². The summed E-state index contributed by atoms with van der Waals surface area (Å²) in [6.07, 6.45) is 5.18. The first-order valence-corrected chi connectivity index (χ1v) is 7.80. The van der Waals surface area contributed by atoms with E-state index in [1.807, 2.05) is 0 Å². The van der Waals surface area contributed by atoms with Gasteiger partial charge in [-0.2, -0.15) is 0 Å². The Morgan fingerprint density at radius 1 is 1.50 bits per heavy atom. The van der Waals surface area contributed by atoms with E-state index in [0.29, 0.717) is 23.6 Å². The second-order valence-corrected chi connectivity index (χ2v) is 5.89. The first kappa shape index (κ1) is 15.0. The highest BCUT2D eigenvalue weighted by atomic mass is 19.1. The second-order valence-electron chi connectivity index (χ2n) is 5.89. The lowest BCUT2D eigenvalue weighted by Crippen LogP contribution is -2.42. The molecule has 3 rings (SSSR count). The van der Waals surface area contributed by atoms with Crippen LogP contribution >= 0.6 is 0 Å². The highest BCUT2D eigenvalue weighted by Gasteiger charge is 2.18. The largest absolute Gasteiger partial charge is 0.351 e. The molecule has 1 saturated heterocycles. The Hall–Kier alpha value is -1.95. The molecule has 0 radical (unpaired) electrons. The van der Waals surface area contributed by atoms with E-state index in [0.717, 1.165) is 13.1 Å². The van der Waals surface area contributed by atoms with Crippen molar-refractivity contribution in [1.29, 1.82) is 0 Å². The summed E-state index contributed by atoms with van der Waals surface area (Å²) in [5.74, 6) is -0.715. The monoisotopic (exact) mass is 304 g/mol. The maximum atomic E-state index is 13.6. The third kappa shape index (κ3) is 3.11. The number of carbonyl (C=O) groups is 1. The molecule has 22 heavy (non-hydrogen) atoms. The van der Waals surface area contributed by atoms with Crippen molar-refractivity contribution in [2.75, 3.05) is 19.6 Å². The van der Waals surface area contributed by atoms with E-state index < -0.39 is 5.82 Å². The highest BCUT2D eigenvalue weighted by molar-refractivity contribution is 6.04. The molecule has 0 saturated carbocycles. The number of likely N-dealkylation sites (tertiary alicyclic amines) is 1. The van der Waals surface area contributed by atoms with Crippen LogP contribution in [-0.2, 0) is 0 Å². The first-order valence-electron chi connectivity index (χ1n) is 7.80. The fourth-order valence-corrected chi connectivity index (χ4v) is 3.09. The van der Waals surface area contributed by atoms with Gasteiger partial charge < -0.3 is 10.3 Å². The molecule has 1 aliphatic heterocycles. The smallest absolute Gasteiger partial charge is 0.253 e. The van der Waals surface area contributed by atoms with E-state index in [2.05, 4.69) is 27.1 Å². The molecule has 2 aromatic rings. The Labute approximate surface area is 128 Å². The Bertz CT molecular complexity index is 669. The average Bonchev–Trinajstić information content (AvgIpc) is 2.96. The molecule has 1 aliphatic rings. The van der Waals surface area contributed by atoms with Crippen molar-refractivity contribution in [1.82, 2.24) is 20.2 Å². The highest BCUT2D eigenvalue weighted by Crippen LogP contribution is 2.17. The van der Waals surface area contributed by atoms with E-state index in [1.165, 1.54) is 37.7 Å². The van der Waals surface area contributed by atoms with Crippen LogP contribution in [0, 0.1) is 5.82 Å². The standard InChI is InChI=1S/C16H21FN4O/c1-11-4-2-3-6-21(11)7-5-18-16(22)13-8-12(17)9-14-15(13)20-10-19-14/h8-11H,2-7H2,1H3,(H,18,22)(H,19,20). The van der Waals surface area contributed by atoms with Gasteiger partial charge in [0.15, 0.2) is 0 Å². The van der Waals surface area contributed by atoms with Crippen molar-refractivity contribution in [2.24, 2.45) is 0 Å². The van der Waals surface area contributed by atoms with Crippen LogP contribution in [0.2, 0.25) is 0 Å². The summed E-state index contributed by atoms with van der Waals surface area (Å²) in [4.78, 5) is 21.6. The summed E-state index contributed by atoms with van der Waals surface area (Å²) in [5, 5.41) is 2.87. The van der Waals surface area contributed by atoms with Crippen LogP contribution in [0.3, 0.4) is 0 Å². The van der Waals surface area contributed by atoms with Gasteiger partial charge in [-0.3, -0.25) is 9.69 Å². The zero-order chi connectivity index (χ0) is 15.5. The van der Waals surface area contributed by atoms with E-state index in [4.69, 9.17) is 0 Å². The summed E-state index contributed by atoms with van der Waals surface area (Å²) in [5.41, 5.74) is 1.32. The first-order chi connectivity index (χ1) is 10.6. The number of aromatic amines is 1. The molecule has 1 aromatic heterocycles. The fourth-order valence-electron chi connectivity index (χ4n) is 3.09. The zero-order valence-electron chi connectivity index (χ0n) is 12.7. The van der Waals surface area contributed by atoms with Gasteiger partial charge in [-0.15, -0.1) is 0 Å². The van der Waals surface area contributed by atoms with Crippen LogP contribution in [0.4, 0.5) is 4.39 Å². The van der Waals surface area contributed by atoms with E-state index in [1.54, 1.807) is 0 Å². The molecule has 2 N–H and O–H groups in total. The van der Waals surface area contributed by atoms with Gasteiger partial charge in [-0.1, -0.05) is 6.42 Å². The van der Waals surface area contributed by atoms with Gasteiger partial charge in [-0.05, 0) is 38.4 Å². The van der Waals surface area contributed by atoms with Gasteiger partial charge >= 0.3 is 0 Å². The van der Waals surface area contributed by atoms with Crippen molar-refractivity contribution < 1.29 is 9.18 Å². The molecule has 118 valence electrons. The SMILES string of the molecule is CC1CCCCN1CCNC(=O)c1cc(F)cc2[nH]cnc12. The number of amides is 1. The number of benzene rings is 1.